The van der Waals surface area contributed by atoms with Crippen LogP contribution in [-0.4, -0.2) is 64.6 Å². The molecule has 11 heteroatoms. The minimum absolute atomic E-state index is 0.0194. The summed E-state index contributed by atoms with van der Waals surface area (Å²) in [5.74, 6) is -4.45. The number of hydrogen-bond acceptors (Lipinski definition) is 4. The number of rotatable bonds is 11. The van der Waals surface area contributed by atoms with Crippen LogP contribution >= 0.6 is 0 Å². The summed E-state index contributed by atoms with van der Waals surface area (Å²) in [5.41, 5.74) is -1.09. The van der Waals surface area contributed by atoms with Gasteiger partial charge in [0.1, 0.15) is 17.6 Å². The topological polar surface area (TPSA) is 56.7 Å². The first kappa shape index (κ1) is 33.2. The highest BCUT2D eigenvalue weighted by atomic mass is 19.4. The first-order valence-electron chi connectivity index (χ1n) is 15.0. The molecule has 2 aromatic rings. The molecule has 0 radical (unpaired) electrons. The minimum Gasteiger partial charge on any atom is -0.480 e. The van der Waals surface area contributed by atoms with Gasteiger partial charge in [-0.05, 0) is 106 Å². The second kappa shape index (κ2) is 13.5. The molecule has 238 valence electrons. The van der Waals surface area contributed by atoms with E-state index in [1.165, 1.54) is 6.07 Å². The fraction of sp³-hybridized carbons (Fsp3) is 0.625. The van der Waals surface area contributed by atoms with Crippen molar-refractivity contribution in [2.45, 2.75) is 82.5 Å². The Hall–Kier alpha value is -2.66. The van der Waals surface area contributed by atoms with E-state index in [0.29, 0.717) is 38.1 Å². The van der Waals surface area contributed by atoms with E-state index in [-0.39, 0.29) is 42.0 Å². The van der Waals surface area contributed by atoms with Crippen LogP contribution in [0.25, 0.3) is 0 Å². The summed E-state index contributed by atoms with van der Waals surface area (Å²) in [6, 6.07) is 7.10. The van der Waals surface area contributed by atoms with Crippen LogP contribution in [0, 0.1) is 23.6 Å². The number of aliphatic carboxylic acids is 1. The van der Waals surface area contributed by atoms with E-state index in [0.717, 1.165) is 31.1 Å². The molecule has 0 spiro atoms. The maximum absolute atomic E-state index is 14.8. The predicted octanol–water partition coefficient (Wildman–Crippen LogP) is 7.43. The summed E-state index contributed by atoms with van der Waals surface area (Å²) < 4.78 is 82.8. The highest BCUT2D eigenvalue weighted by molar-refractivity contribution is 5.73. The van der Waals surface area contributed by atoms with Crippen molar-refractivity contribution in [2.75, 3.05) is 26.7 Å². The number of benzene rings is 1. The number of carbonyl (C=O) groups is 1. The summed E-state index contributed by atoms with van der Waals surface area (Å²) in [7, 11) is 1.85. The zero-order valence-corrected chi connectivity index (χ0v) is 24.8. The van der Waals surface area contributed by atoms with E-state index in [1.54, 1.807) is 12.1 Å². The number of likely N-dealkylation sites (tertiary alicyclic amines) is 1. The van der Waals surface area contributed by atoms with Crippen LogP contribution in [0.1, 0.15) is 75.1 Å². The summed E-state index contributed by atoms with van der Waals surface area (Å²) >= 11 is 0. The molecule has 2 fully saturated rings. The van der Waals surface area contributed by atoms with E-state index in [1.807, 2.05) is 31.9 Å². The van der Waals surface area contributed by atoms with Gasteiger partial charge in [-0.15, -0.1) is 0 Å². The number of alkyl halides is 5. The van der Waals surface area contributed by atoms with Gasteiger partial charge in [0, 0.05) is 25.2 Å². The van der Waals surface area contributed by atoms with Gasteiger partial charge in [0.25, 0.3) is 5.92 Å². The van der Waals surface area contributed by atoms with E-state index in [2.05, 4.69) is 9.88 Å². The van der Waals surface area contributed by atoms with Crippen molar-refractivity contribution in [3.8, 4) is 0 Å². The Bertz CT molecular complexity index is 1230. The summed E-state index contributed by atoms with van der Waals surface area (Å²) in [6.45, 7) is 5.93. The first-order valence-corrected chi connectivity index (χ1v) is 15.0. The largest absolute Gasteiger partial charge is 0.480 e. The lowest BCUT2D eigenvalue weighted by Gasteiger charge is -2.35. The third-order valence-electron chi connectivity index (χ3n) is 9.37. The molecule has 1 saturated heterocycles. The molecule has 0 bridgehead atoms. The molecule has 4 rings (SSSR count). The van der Waals surface area contributed by atoms with Gasteiger partial charge >= 0.3 is 12.1 Å². The Morgan fingerprint density at radius 3 is 2.40 bits per heavy atom. The third-order valence-corrected chi connectivity index (χ3v) is 9.37. The molecule has 43 heavy (non-hydrogen) atoms. The lowest BCUT2D eigenvalue weighted by atomic mass is 9.86. The van der Waals surface area contributed by atoms with Gasteiger partial charge in [-0.1, -0.05) is 26.0 Å². The number of carboxylic acid groups (broad SMARTS) is 1. The molecule has 2 heterocycles. The predicted molar refractivity (Wildman–Crippen MR) is 151 cm³/mol. The number of halogens is 6. The Balaban J connectivity index is 1.36. The van der Waals surface area contributed by atoms with Crippen LogP contribution in [0.5, 0.6) is 0 Å². The number of pyridine rings is 1. The number of piperidine rings is 1. The number of likely N-dealkylation sites (N-methyl/N-ethyl adjacent to an activating group) is 1. The quantitative estimate of drug-likeness (QED) is 0.267. The van der Waals surface area contributed by atoms with Gasteiger partial charge in [0.05, 0.1) is 5.56 Å². The Morgan fingerprint density at radius 2 is 1.79 bits per heavy atom. The Labute approximate surface area is 249 Å². The molecule has 5 nitrogen and oxygen atoms in total. The van der Waals surface area contributed by atoms with Crippen molar-refractivity contribution in [2.24, 2.45) is 17.8 Å². The standard InChI is InChI=1S/C32H41F6N3O2/c1-20(2)29(30(42)43)40(3)26-16-23(27(18-26)22-5-4-6-25(33)15-22)19-41-13-9-21(10-14-41)7-11-31(34,35)28-17-24(8-12-39-28)32(36,37)38/h4-6,8,12,15,17,20-21,23,26-27,29H,7,9-11,13-14,16,18-19H2,1-3H3,(H,42,43)/t23?,26?,27?,29-/m1/s1. The van der Waals surface area contributed by atoms with Crippen LogP contribution in [0.4, 0.5) is 26.3 Å². The van der Waals surface area contributed by atoms with Crippen LogP contribution in [0.3, 0.4) is 0 Å². The fourth-order valence-electron chi connectivity index (χ4n) is 7.04. The van der Waals surface area contributed by atoms with Crippen molar-refractivity contribution in [3.63, 3.8) is 0 Å². The lowest BCUT2D eigenvalue weighted by molar-refractivity contribution is -0.145. The number of aromatic nitrogens is 1. The van der Waals surface area contributed by atoms with Gasteiger partial charge in [0.2, 0.25) is 0 Å². The van der Waals surface area contributed by atoms with Crippen LogP contribution < -0.4 is 0 Å². The molecular formula is C32H41F6N3O2. The number of carboxylic acids is 1. The second-order valence-corrected chi connectivity index (χ2v) is 12.7. The first-order chi connectivity index (χ1) is 20.2. The van der Waals surface area contributed by atoms with Gasteiger partial charge < -0.3 is 10.0 Å². The SMILES string of the molecule is CC(C)[C@H](C(=O)O)N(C)C1CC(CN2CCC(CCC(F)(F)c3cc(C(F)(F)F)ccn3)CC2)C(c2cccc(F)c2)C1. The number of nitrogens with zero attached hydrogens (tertiary/aromatic N) is 3. The van der Waals surface area contributed by atoms with E-state index in [4.69, 9.17) is 0 Å². The number of hydrogen-bond donors (Lipinski definition) is 1. The molecular weight excluding hydrogens is 572 g/mol. The molecule has 1 N–H and O–H groups in total. The Kier molecular flexibility index (Phi) is 10.5. The zero-order chi connectivity index (χ0) is 31.5. The smallest absolute Gasteiger partial charge is 0.416 e. The lowest BCUT2D eigenvalue weighted by Crippen LogP contribution is -2.47. The molecule has 0 amide bonds. The highest BCUT2D eigenvalue weighted by Crippen LogP contribution is 2.44. The molecule has 2 aliphatic rings. The fourth-order valence-corrected chi connectivity index (χ4v) is 7.04. The third kappa shape index (κ3) is 8.29. The highest BCUT2D eigenvalue weighted by Gasteiger charge is 2.42. The Morgan fingerprint density at radius 1 is 1.09 bits per heavy atom. The van der Waals surface area contributed by atoms with Gasteiger partial charge in [0.15, 0.2) is 0 Å². The van der Waals surface area contributed by atoms with E-state index in [9.17, 15) is 36.2 Å². The second-order valence-electron chi connectivity index (χ2n) is 12.7. The molecule has 1 aromatic carbocycles. The van der Waals surface area contributed by atoms with Crippen molar-refractivity contribution in [3.05, 3.63) is 65.2 Å². The molecule has 1 saturated carbocycles. The van der Waals surface area contributed by atoms with Gasteiger partial charge in [-0.2, -0.15) is 22.0 Å². The maximum Gasteiger partial charge on any atom is 0.416 e. The summed E-state index contributed by atoms with van der Waals surface area (Å²) in [5, 5.41) is 9.85. The van der Waals surface area contributed by atoms with Gasteiger partial charge in [-0.3, -0.25) is 14.7 Å². The zero-order valence-electron chi connectivity index (χ0n) is 24.8. The van der Waals surface area contributed by atoms with Crippen LogP contribution in [-0.2, 0) is 16.9 Å². The van der Waals surface area contributed by atoms with Crippen molar-refractivity contribution < 1.29 is 36.2 Å². The van der Waals surface area contributed by atoms with E-state index < -0.39 is 41.8 Å². The molecule has 3 unspecified atom stereocenters. The summed E-state index contributed by atoms with van der Waals surface area (Å²) in [4.78, 5) is 19.8. The minimum atomic E-state index is -4.71. The van der Waals surface area contributed by atoms with Crippen LogP contribution in [0.15, 0.2) is 42.6 Å². The maximum atomic E-state index is 14.8. The molecule has 4 atom stereocenters. The van der Waals surface area contributed by atoms with Gasteiger partial charge in [-0.25, -0.2) is 4.39 Å². The molecule has 1 aliphatic heterocycles. The average molecular weight is 614 g/mol. The molecule has 1 aromatic heterocycles. The van der Waals surface area contributed by atoms with Crippen LogP contribution in [0.2, 0.25) is 0 Å². The molecule has 1 aliphatic carbocycles. The summed E-state index contributed by atoms with van der Waals surface area (Å²) in [6.07, 6.45) is -1.44. The van der Waals surface area contributed by atoms with E-state index >= 15 is 0 Å². The monoisotopic (exact) mass is 613 g/mol. The van der Waals surface area contributed by atoms with Crippen molar-refractivity contribution in [1.29, 1.82) is 0 Å². The van der Waals surface area contributed by atoms with Crippen molar-refractivity contribution >= 4 is 5.97 Å². The average Bonchev–Trinajstić information content (AvgIpc) is 3.36. The normalized spacial score (nSPS) is 23.3. The van der Waals surface area contributed by atoms with Crippen molar-refractivity contribution in [1.82, 2.24) is 14.8 Å².